The van der Waals surface area contributed by atoms with Crippen LogP contribution in [-0.2, 0) is 12.1 Å². The highest BCUT2D eigenvalue weighted by Gasteiger charge is 2.48. The van der Waals surface area contributed by atoms with Crippen LogP contribution in [0.5, 0.6) is 0 Å². The summed E-state index contributed by atoms with van der Waals surface area (Å²) in [7, 11) is 2.10. The van der Waals surface area contributed by atoms with Crippen LogP contribution >= 0.6 is 0 Å². The molecule has 0 bridgehead atoms. The second-order valence-corrected chi connectivity index (χ2v) is 11.4. The Labute approximate surface area is 199 Å². The van der Waals surface area contributed by atoms with Gasteiger partial charge in [-0.05, 0) is 54.5 Å². The minimum atomic E-state index is -1.01. The minimum Gasteiger partial charge on any atom is -0.333 e. The summed E-state index contributed by atoms with van der Waals surface area (Å²) < 4.78 is 14.6. The Kier molecular flexibility index (Phi) is 5.04. The largest absolute Gasteiger partial charge is 0.333 e. The van der Waals surface area contributed by atoms with Gasteiger partial charge in [-0.15, -0.1) is 0 Å². The van der Waals surface area contributed by atoms with Gasteiger partial charge in [0, 0.05) is 36.2 Å². The van der Waals surface area contributed by atoms with E-state index in [1.807, 2.05) is 23.6 Å². The summed E-state index contributed by atoms with van der Waals surface area (Å²) in [6, 6.07) is 0.0957. The van der Waals surface area contributed by atoms with E-state index >= 15 is 0 Å². The number of allylic oxidation sites excluding steroid dienone is 1. The Balaban J connectivity index is 1.37. The lowest BCUT2D eigenvalue weighted by Crippen LogP contribution is -2.65. The number of H-pyrrole nitrogens is 1. The molecule has 11 heteroatoms. The van der Waals surface area contributed by atoms with Crippen LogP contribution in [0.2, 0.25) is 0 Å². The predicted molar refractivity (Wildman–Crippen MR) is 128 cm³/mol. The van der Waals surface area contributed by atoms with E-state index in [-0.39, 0.29) is 29.4 Å². The molecule has 4 heterocycles. The molecule has 1 aromatic rings. The lowest BCUT2D eigenvalue weighted by molar-refractivity contribution is 0.00695. The number of aromatic amines is 1. The third kappa shape index (κ3) is 3.56. The molecular weight excluding hydrogens is 437 g/mol. The smallest absolute Gasteiger partial charge is 0.321 e. The fourth-order valence-electron chi connectivity index (χ4n) is 5.23. The van der Waals surface area contributed by atoms with Crippen molar-refractivity contribution in [3.63, 3.8) is 0 Å². The summed E-state index contributed by atoms with van der Waals surface area (Å²) in [5.41, 5.74) is 7.34. The first-order chi connectivity index (χ1) is 15.8. The van der Waals surface area contributed by atoms with Gasteiger partial charge in [-0.25, -0.2) is 14.2 Å². The summed E-state index contributed by atoms with van der Waals surface area (Å²) >= 11 is 0. The molecule has 1 saturated heterocycles. The fraction of sp³-hybridized carbons (Fsp3) is 0.696. The highest BCUT2D eigenvalue weighted by Crippen LogP contribution is 2.43. The van der Waals surface area contributed by atoms with Gasteiger partial charge in [0.05, 0.1) is 24.0 Å². The van der Waals surface area contributed by atoms with Crippen LogP contribution in [0.4, 0.5) is 15.0 Å². The van der Waals surface area contributed by atoms with E-state index in [1.54, 1.807) is 0 Å². The summed E-state index contributed by atoms with van der Waals surface area (Å²) in [5.74, 6) is -0.729. The number of aromatic nitrogens is 2. The number of fused-ring (bicyclic) bond motifs is 1. The highest BCUT2D eigenvalue weighted by atomic mass is 19.1. The third-order valence-corrected chi connectivity index (χ3v) is 8.01. The number of anilines is 1. The molecule has 1 saturated carbocycles. The number of urea groups is 1. The van der Waals surface area contributed by atoms with Gasteiger partial charge in [0.2, 0.25) is 0 Å². The second kappa shape index (κ2) is 7.42. The van der Waals surface area contributed by atoms with Crippen LogP contribution in [0, 0.1) is 5.92 Å². The zero-order valence-electron chi connectivity index (χ0n) is 20.9. The molecule has 10 nitrogen and oxygen atoms in total. The molecule has 2 fully saturated rings. The molecule has 34 heavy (non-hydrogen) atoms. The average molecular weight is 474 g/mol. The number of hydrogen-bond donors (Lipinski definition) is 4. The fourth-order valence-corrected chi connectivity index (χ4v) is 5.23. The lowest BCUT2D eigenvalue weighted by Gasteiger charge is -2.50. The maximum Gasteiger partial charge on any atom is 0.321 e. The SMILES string of the molecule is C[C@H]1CN(C)C(C)(C)CN1C(=O)N1Cc2c(NC3=C(F)C=NC(N)(C4CC4)N3)n[nH]c2C1(C)C. The van der Waals surface area contributed by atoms with E-state index in [2.05, 4.69) is 58.5 Å². The Morgan fingerprint density at radius 1 is 1.29 bits per heavy atom. The molecule has 2 atom stereocenters. The third-order valence-electron chi connectivity index (χ3n) is 8.01. The maximum absolute atomic E-state index is 14.6. The summed E-state index contributed by atoms with van der Waals surface area (Å²) in [5, 5.41) is 13.6. The van der Waals surface area contributed by atoms with Gasteiger partial charge in [0.1, 0.15) is 5.82 Å². The number of halogens is 1. The van der Waals surface area contributed by atoms with Gasteiger partial charge in [0.15, 0.2) is 17.4 Å². The van der Waals surface area contributed by atoms with Gasteiger partial charge in [-0.3, -0.25) is 15.7 Å². The number of hydrogen-bond acceptors (Lipinski definition) is 7. The zero-order chi connectivity index (χ0) is 24.6. The predicted octanol–water partition coefficient (Wildman–Crippen LogP) is 2.24. The molecule has 186 valence electrons. The number of carbonyl (C=O) groups is 1. The van der Waals surface area contributed by atoms with Crippen LogP contribution in [0.3, 0.4) is 0 Å². The van der Waals surface area contributed by atoms with Crippen molar-refractivity contribution in [2.75, 3.05) is 25.5 Å². The van der Waals surface area contributed by atoms with Crippen molar-refractivity contribution in [2.45, 2.75) is 76.9 Å². The normalized spacial score (nSPS) is 30.4. The van der Waals surface area contributed by atoms with Crippen molar-refractivity contribution < 1.29 is 9.18 Å². The molecule has 0 spiro atoms. The molecule has 0 aromatic carbocycles. The molecule has 4 aliphatic rings. The summed E-state index contributed by atoms with van der Waals surface area (Å²) in [6.45, 7) is 12.3. The Morgan fingerprint density at radius 3 is 2.68 bits per heavy atom. The number of nitrogens with two attached hydrogens (primary N) is 1. The number of rotatable bonds is 3. The van der Waals surface area contributed by atoms with E-state index in [0.717, 1.165) is 30.6 Å². The molecule has 1 aliphatic carbocycles. The number of piperazine rings is 1. The Bertz CT molecular complexity index is 1070. The first kappa shape index (κ1) is 23.1. The number of likely N-dealkylation sites (N-methyl/N-ethyl adjacent to an activating group) is 1. The Morgan fingerprint density at radius 2 is 2.00 bits per heavy atom. The maximum atomic E-state index is 14.6. The minimum absolute atomic E-state index is 0.00254. The molecule has 2 amide bonds. The standard InChI is InChI=1S/C23H36FN9O/c1-13-10-31(6)21(2,3)12-32(13)20(34)33-11-15-17(22(33,4)5)29-30-18(15)27-19-16(24)9-26-23(25,28-19)14-7-8-14/h9,13-14,28H,7-8,10-12,25H2,1-6H3,(H2,27,29,30)/t13-,23?/m0/s1. The van der Waals surface area contributed by atoms with Crippen LogP contribution in [0.1, 0.15) is 58.7 Å². The van der Waals surface area contributed by atoms with E-state index < -0.39 is 17.2 Å². The Hall–Kier alpha value is -2.66. The van der Waals surface area contributed by atoms with Crippen molar-refractivity contribution in [1.29, 1.82) is 0 Å². The second-order valence-electron chi connectivity index (χ2n) is 11.4. The zero-order valence-corrected chi connectivity index (χ0v) is 20.9. The topological polar surface area (TPSA) is 118 Å². The van der Waals surface area contributed by atoms with Crippen LogP contribution < -0.4 is 16.4 Å². The molecule has 5 rings (SSSR count). The first-order valence-corrected chi connectivity index (χ1v) is 12.0. The van der Waals surface area contributed by atoms with Crippen molar-refractivity contribution in [2.24, 2.45) is 16.6 Å². The number of aliphatic imine (C=N–C) groups is 1. The quantitative estimate of drug-likeness (QED) is 0.535. The molecule has 3 aliphatic heterocycles. The number of nitrogens with zero attached hydrogens (tertiary/aromatic N) is 5. The van der Waals surface area contributed by atoms with Crippen molar-refractivity contribution in [1.82, 2.24) is 30.2 Å². The number of amides is 2. The summed E-state index contributed by atoms with van der Waals surface area (Å²) in [4.78, 5) is 24.1. The van der Waals surface area contributed by atoms with Gasteiger partial charge < -0.3 is 20.4 Å². The summed E-state index contributed by atoms with van der Waals surface area (Å²) in [6.07, 6.45) is 3.08. The van der Waals surface area contributed by atoms with Crippen LogP contribution in [0.25, 0.3) is 0 Å². The average Bonchev–Trinajstić information content (AvgIpc) is 3.49. The molecule has 0 radical (unpaired) electrons. The number of nitrogens with one attached hydrogen (secondary N) is 3. The van der Waals surface area contributed by atoms with Crippen molar-refractivity contribution >= 4 is 18.1 Å². The molecule has 5 N–H and O–H groups in total. The first-order valence-electron chi connectivity index (χ1n) is 12.0. The monoisotopic (exact) mass is 473 g/mol. The lowest BCUT2D eigenvalue weighted by atomic mass is 9.96. The number of carbonyl (C=O) groups excluding carboxylic acids is 1. The van der Waals surface area contributed by atoms with Crippen LogP contribution in [-0.4, -0.2) is 74.6 Å². The van der Waals surface area contributed by atoms with Gasteiger partial charge in [0.25, 0.3) is 0 Å². The van der Waals surface area contributed by atoms with E-state index in [9.17, 15) is 9.18 Å². The molecular formula is C23H36FN9O. The van der Waals surface area contributed by atoms with E-state index in [1.165, 1.54) is 6.21 Å². The molecule has 1 aromatic heterocycles. The van der Waals surface area contributed by atoms with Crippen molar-refractivity contribution in [3.05, 3.63) is 22.9 Å². The van der Waals surface area contributed by atoms with Crippen LogP contribution in [0.15, 0.2) is 16.6 Å². The van der Waals surface area contributed by atoms with E-state index in [4.69, 9.17) is 5.73 Å². The van der Waals surface area contributed by atoms with Crippen molar-refractivity contribution in [3.8, 4) is 0 Å². The van der Waals surface area contributed by atoms with Gasteiger partial charge in [-0.2, -0.15) is 5.10 Å². The van der Waals surface area contributed by atoms with Gasteiger partial charge in [-0.1, -0.05) is 0 Å². The van der Waals surface area contributed by atoms with Gasteiger partial charge >= 0.3 is 6.03 Å². The highest BCUT2D eigenvalue weighted by molar-refractivity contribution is 5.80. The van der Waals surface area contributed by atoms with E-state index in [0.29, 0.717) is 18.9 Å². The molecule has 1 unspecified atom stereocenters.